The quantitative estimate of drug-likeness (QED) is 0.135. The van der Waals surface area contributed by atoms with Crippen LogP contribution in [0.2, 0.25) is 0 Å². The third-order valence-corrected chi connectivity index (χ3v) is 8.04. The van der Waals surface area contributed by atoms with Crippen molar-refractivity contribution in [2.24, 2.45) is 17.6 Å². The molecule has 12 nitrogen and oxygen atoms in total. The van der Waals surface area contributed by atoms with E-state index in [9.17, 15) is 44.7 Å². The number of carbonyl (C=O) groups excluding carboxylic acids is 4. The number of benzene rings is 1. The number of aliphatic hydroxyl groups is 4. The number of likely N-dealkylation sites (N-methyl/N-ethyl adjacent to an activating group) is 1. The van der Waals surface area contributed by atoms with Crippen molar-refractivity contribution >= 4 is 62.0 Å². The largest absolute Gasteiger partial charge is 0.510 e. The molecule has 0 saturated heterocycles. The number of phenolic OH excluding ortho intramolecular Hbond substituents is 1. The number of rotatable bonds is 4. The van der Waals surface area contributed by atoms with E-state index in [1.807, 2.05) is 0 Å². The summed E-state index contributed by atoms with van der Waals surface area (Å²) in [7, 11) is 2.93. The minimum atomic E-state index is -2.99. The summed E-state index contributed by atoms with van der Waals surface area (Å²) in [6.07, 6.45) is -1.68. The number of anilines is 1. The van der Waals surface area contributed by atoms with Gasteiger partial charge in [0.15, 0.2) is 17.1 Å². The molecule has 4 unspecified atom stereocenters. The lowest BCUT2D eigenvalue weighted by molar-refractivity contribution is -0.162. The van der Waals surface area contributed by atoms with Crippen molar-refractivity contribution in [1.82, 2.24) is 4.90 Å². The van der Waals surface area contributed by atoms with Gasteiger partial charge in [0.25, 0.3) is 5.91 Å². The van der Waals surface area contributed by atoms with Crippen molar-refractivity contribution in [2.75, 3.05) is 24.7 Å². The zero-order chi connectivity index (χ0) is 27.7. The number of Topliss-reactive ketones (excluding diaryl/α,β-unsaturated/α-hetero) is 2. The van der Waals surface area contributed by atoms with E-state index >= 15 is 0 Å². The van der Waals surface area contributed by atoms with Crippen molar-refractivity contribution in [1.29, 1.82) is 0 Å². The molecule has 3 aliphatic rings. The number of primary amides is 1. The number of hydrogen-bond acceptors (Lipinski definition) is 10. The summed E-state index contributed by atoms with van der Waals surface area (Å²) in [4.78, 5) is 52.3. The third kappa shape index (κ3) is 3.88. The van der Waals surface area contributed by atoms with Gasteiger partial charge in [0.05, 0.1) is 34.6 Å². The molecule has 0 heterocycles. The number of aromatic hydroxyl groups is 1. The highest BCUT2D eigenvalue weighted by molar-refractivity contribution is 9.09. The standard InChI is InChI=1S/C24H26BrN3O9.BrH/c1-7-8-4-5-9(27-10(29)6-25)17(30)12(8)18(31)13-11(7)19(32)15-16(28(2)3)20(33)14(23(26)36)22(35)24(15,37)21(13)34;/h4-5,7,11,15-16,19,30,32-34,37H,6H2,1-3H3,(H2,26,36)(H,27,29);1H/t7?,11?,15?,16-,19?,24-;/m0./s1. The van der Waals surface area contributed by atoms with E-state index < -0.39 is 87.3 Å². The van der Waals surface area contributed by atoms with Crippen molar-refractivity contribution in [3.05, 3.63) is 45.9 Å². The molecule has 206 valence electrons. The molecule has 0 aromatic heterocycles. The van der Waals surface area contributed by atoms with Gasteiger partial charge in [-0.05, 0) is 31.6 Å². The summed E-state index contributed by atoms with van der Waals surface area (Å²) < 4.78 is 0. The average Bonchev–Trinajstić information content (AvgIpc) is 2.82. The zero-order valence-corrected chi connectivity index (χ0v) is 23.7. The second-order valence-electron chi connectivity index (χ2n) is 9.66. The van der Waals surface area contributed by atoms with Crippen molar-refractivity contribution < 1.29 is 44.7 Å². The average molecular weight is 661 g/mol. The van der Waals surface area contributed by atoms with Crippen molar-refractivity contribution in [3.8, 4) is 5.75 Å². The summed E-state index contributed by atoms with van der Waals surface area (Å²) in [6.45, 7) is 1.62. The van der Waals surface area contributed by atoms with Gasteiger partial charge in [-0.1, -0.05) is 28.9 Å². The molecular weight excluding hydrogens is 634 g/mol. The summed E-state index contributed by atoms with van der Waals surface area (Å²) in [5.74, 6) is -10.3. The zero-order valence-electron chi connectivity index (χ0n) is 20.4. The number of nitrogens with two attached hydrogens (primary N) is 1. The first kappa shape index (κ1) is 29.8. The SMILES string of the molecule is Br.CC1c2ccc(NC(=O)CBr)c(O)c2C(=O)C2=C(O)[C@]3(O)C(=O)C(C(N)=O)=C(O)[C@@H](N(C)C)C3C(O)C21. The van der Waals surface area contributed by atoms with Crippen LogP contribution < -0.4 is 11.1 Å². The maximum absolute atomic E-state index is 13.7. The Morgan fingerprint density at radius 1 is 1.18 bits per heavy atom. The number of carbonyl (C=O) groups is 4. The molecule has 14 heteroatoms. The van der Waals surface area contributed by atoms with Crippen LogP contribution in [0.15, 0.2) is 34.8 Å². The third-order valence-electron chi connectivity index (χ3n) is 7.53. The summed E-state index contributed by atoms with van der Waals surface area (Å²) in [6, 6.07) is 1.54. The van der Waals surface area contributed by atoms with Gasteiger partial charge in [0.1, 0.15) is 17.1 Å². The first-order valence-corrected chi connectivity index (χ1v) is 12.4. The van der Waals surface area contributed by atoms with Crippen LogP contribution in [0.1, 0.15) is 28.8 Å². The van der Waals surface area contributed by atoms with Crippen LogP contribution in [0.5, 0.6) is 5.75 Å². The van der Waals surface area contributed by atoms with Crippen LogP contribution in [0, 0.1) is 11.8 Å². The molecule has 3 aliphatic carbocycles. The van der Waals surface area contributed by atoms with E-state index in [1.54, 1.807) is 6.92 Å². The van der Waals surface area contributed by atoms with Gasteiger partial charge in [-0.3, -0.25) is 24.1 Å². The van der Waals surface area contributed by atoms with Crippen molar-refractivity contribution in [3.63, 3.8) is 0 Å². The molecule has 1 aromatic rings. The molecule has 2 amide bonds. The maximum Gasteiger partial charge on any atom is 0.255 e. The van der Waals surface area contributed by atoms with E-state index in [2.05, 4.69) is 21.2 Å². The number of fused-ring (bicyclic) bond motifs is 3. The van der Waals surface area contributed by atoms with Gasteiger partial charge in [-0.25, -0.2) is 0 Å². The molecule has 0 bridgehead atoms. The minimum absolute atomic E-state index is 0. The van der Waals surface area contributed by atoms with E-state index in [-0.39, 0.29) is 33.6 Å². The Balaban J connectivity index is 0.00000400. The number of ketones is 2. The van der Waals surface area contributed by atoms with Crippen LogP contribution in [-0.2, 0) is 14.4 Å². The Bertz CT molecular complexity index is 1330. The number of nitrogens with zero attached hydrogens (tertiary/aromatic N) is 1. The summed E-state index contributed by atoms with van der Waals surface area (Å²) >= 11 is 2.98. The van der Waals surface area contributed by atoms with Crippen LogP contribution in [0.25, 0.3) is 0 Å². The number of hydrogen-bond donors (Lipinski definition) is 7. The highest BCUT2D eigenvalue weighted by Gasteiger charge is 2.67. The fraction of sp³-hybridized carbons (Fsp3) is 0.417. The molecular formula is C24H27Br2N3O9. The van der Waals surface area contributed by atoms with Crippen LogP contribution in [-0.4, -0.2) is 91.0 Å². The highest BCUT2D eigenvalue weighted by atomic mass is 79.9. The van der Waals surface area contributed by atoms with Crippen molar-refractivity contribution in [2.45, 2.75) is 30.6 Å². The molecule has 1 aromatic carbocycles. The van der Waals surface area contributed by atoms with Crippen LogP contribution in [0.4, 0.5) is 5.69 Å². The summed E-state index contributed by atoms with van der Waals surface area (Å²) in [5.41, 5.74) is 0.754. The minimum Gasteiger partial charge on any atom is -0.510 e. The van der Waals surface area contributed by atoms with E-state index in [0.717, 1.165) is 0 Å². The molecule has 0 aliphatic heterocycles. The predicted molar refractivity (Wildman–Crippen MR) is 143 cm³/mol. The predicted octanol–water partition coefficient (Wildman–Crippen LogP) is 0.564. The van der Waals surface area contributed by atoms with Gasteiger partial charge in [0.2, 0.25) is 11.7 Å². The van der Waals surface area contributed by atoms with Gasteiger partial charge in [0, 0.05) is 11.5 Å². The van der Waals surface area contributed by atoms with Crippen LogP contribution in [0.3, 0.4) is 0 Å². The molecule has 6 atom stereocenters. The van der Waals surface area contributed by atoms with Gasteiger partial charge in [-0.15, -0.1) is 17.0 Å². The lowest BCUT2D eigenvalue weighted by Crippen LogP contribution is -2.68. The number of nitrogens with one attached hydrogen (secondary N) is 1. The lowest BCUT2D eigenvalue weighted by Gasteiger charge is -2.53. The smallest absolute Gasteiger partial charge is 0.255 e. The second kappa shape index (κ2) is 10.1. The Morgan fingerprint density at radius 3 is 2.32 bits per heavy atom. The number of amides is 2. The molecule has 4 rings (SSSR count). The normalized spacial score (nSPS) is 30.3. The number of halogens is 2. The number of aliphatic hydroxyl groups excluding tert-OH is 3. The first-order valence-electron chi connectivity index (χ1n) is 11.3. The molecule has 38 heavy (non-hydrogen) atoms. The molecule has 0 radical (unpaired) electrons. The second-order valence-corrected chi connectivity index (χ2v) is 10.2. The topological polar surface area (TPSA) is 211 Å². The fourth-order valence-corrected chi connectivity index (χ4v) is 6.05. The van der Waals surface area contributed by atoms with E-state index in [0.29, 0.717) is 5.56 Å². The highest BCUT2D eigenvalue weighted by Crippen LogP contribution is 2.56. The summed E-state index contributed by atoms with van der Waals surface area (Å²) in [5, 5.41) is 58.5. The molecule has 0 spiro atoms. The van der Waals surface area contributed by atoms with Crippen LogP contribution >= 0.6 is 32.9 Å². The Labute approximate surface area is 235 Å². The fourth-order valence-electron chi connectivity index (χ4n) is 5.91. The molecule has 0 saturated carbocycles. The van der Waals surface area contributed by atoms with E-state index in [1.165, 1.54) is 31.1 Å². The monoisotopic (exact) mass is 659 g/mol. The Hall–Kier alpha value is -2.78. The van der Waals surface area contributed by atoms with Gasteiger partial charge >= 0.3 is 0 Å². The Kier molecular flexibility index (Phi) is 7.89. The Morgan fingerprint density at radius 2 is 1.79 bits per heavy atom. The maximum atomic E-state index is 13.7. The number of alkyl halides is 1. The van der Waals surface area contributed by atoms with Gasteiger partial charge < -0.3 is 36.6 Å². The van der Waals surface area contributed by atoms with E-state index in [4.69, 9.17) is 5.73 Å². The number of phenols is 1. The lowest BCUT2D eigenvalue weighted by atomic mass is 9.55. The first-order chi connectivity index (χ1) is 17.2. The molecule has 8 N–H and O–H groups in total. The van der Waals surface area contributed by atoms with Gasteiger partial charge in [-0.2, -0.15) is 0 Å². The molecule has 0 fully saturated rings.